The number of benzene rings is 1. The van der Waals surface area contributed by atoms with E-state index < -0.39 is 0 Å². The van der Waals surface area contributed by atoms with Crippen LogP contribution in [0.15, 0.2) is 30.3 Å². The fourth-order valence-corrected chi connectivity index (χ4v) is 2.41. The van der Waals surface area contributed by atoms with Crippen LogP contribution in [0, 0.1) is 5.92 Å². The average molecular weight is 231 g/mol. The second-order valence-electron chi connectivity index (χ2n) is 5.02. The first kappa shape index (κ1) is 12.3. The highest BCUT2D eigenvalue weighted by Crippen LogP contribution is 2.21. The molecule has 0 amide bonds. The summed E-state index contributed by atoms with van der Waals surface area (Å²) in [4.78, 5) is 11.1. The van der Waals surface area contributed by atoms with Crippen molar-refractivity contribution in [3.63, 3.8) is 0 Å². The Morgan fingerprint density at radius 3 is 2.53 bits per heavy atom. The Kier molecular flexibility index (Phi) is 4.32. The molecular formula is C15H21NO. The first-order valence-electron chi connectivity index (χ1n) is 6.55. The van der Waals surface area contributed by atoms with Crippen molar-refractivity contribution in [3.8, 4) is 0 Å². The molecule has 2 nitrogen and oxygen atoms in total. The van der Waals surface area contributed by atoms with Crippen LogP contribution in [-0.4, -0.2) is 12.3 Å². The highest BCUT2D eigenvalue weighted by atomic mass is 16.1. The molecule has 2 rings (SSSR count). The summed E-state index contributed by atoms with van der Waals surface area (Å²) in [7, 11) is 0. The Labute approximate surface area is 103 Å². The van der Waals surface area contributed by atoms with Gasteiger partial charge in [-0.15, -0.1) is 0 Å². The smallest absolute Gasteiger partial charge is 0.132 e. The maximum Gasteiger partial charge on any atom is 0.132 e. The van der Waals surface area contributed by atoms with Gasteiger partial charge in [-0.05, 0) is 37.8 Å². The van der Waals surface area contributed by atoms with Gasteiger partial charge in [-0.25, -0.2) is 0 Å². The number of hydrogen-bond donors (Lipinski definition) is 1. The molecule has 1 N–H and O–H groups in total. The molecular weight excluding hydrogens is 210 g/mol. The van der Waals surface area contributed by atoms with Crippen molar-refractivity contribution >= 4 is 5.78 Å². The molecule has 0 aliphatic heterocycles. The maximum absolute atomic E-state index is 11.1. The molecule has 1 atom stereocenters. The van der Waals surface area contributed by atoms with Crippen molar-refractivity contribution in [2.45, 2.75) is 38.6 Å². The van der Waals surface area contributed by atoms with E-state index in [1.165, 1.54) is 5.56 Å². The fraction of sp³-hybridized carbons (Fsp3) is 0.533. The van der Waals surface area contributed by atoms with Crippen LogP contribution in [-0.2, 0) is 4.79 Å². The molecule has 0 saturated heterocycles. The fourth-order valence-electron chi connectivity index (χ4n) is 2.41. The topological polar surface area (TPSA) is 29.1 Å². The van der Waals surface area contributed by atoms with Gasteiger partial charge in [0.15, 0.2) is 0 Å². The summed E-state index contributed by atoms with van der Waals surface area (Å²) in [5.41, 5.74) is 1.33. The average Bonchev–Trinajstić information content (AvgIpc) is 2.39. The zero-order valence-corrected chi connectivity index (χ0v) is 10.5. The summed E-state index contributed by atoms with van der Waals surface area (Å²) >= 11 is 0. The lowest BCUT2D eigenvalue weighted by molar-refractivity contribution is -0.120. The highest BCUT2D eigenvalue weighted by Gasteiger charge is 2.18. The number of ketones is 1. The monoisotopic (exact) mass is 231 g/mol. The third kappa shape index (κ3) is 3.67. The van der Waals surface area contributed by atoms with Crippen molar-refractivity contribution in [1.29, 1.82) is 0 Å². The Morgan fingerprint density at radius 1 is 1.24 bits per heavy atom. The lowest BCUT2D eigenvalue weighted by atomic mass is 9.88. The van der Waals surface area contributed by atoms with Crippen LogP contribution in [0.2, 0.25) is 0 Å². The van der Waals surface area contributed by atoms with Gasteiger partial charge in [-0.3, -0.25) is 4.79 Å². The molecule has 0 bridgehead atoms. The third-order valence-corrected chi connectivity index (χ3v) is 3.68. The number of rotatable bonds is 4. The van der Waals surface area contributed by atoms with Gasteiger partial charge in [0.1, 0.15) is 5.78 Å². The van der Waals surface area contributed by atoms with Gasteiger partial charge >= 0.3 is 0 Å². The number of nitrogens with one attached hydrogen (secondary N) is 1. The van der Waals surface area contributed by atoms with Crippen LogP contribution in [0.25, 0.3) is 0 Å². The summed E-state index contributed by atoms with van der Waals surface area (Å²) < 4.78 is 0. The molecule has 0 heterocycles. The van der Waals surface area contributed by atoms with Crippen molar-refractivity contribution in [2.24, 2.45) is 5.92 Å². The number of carbonyl (C=O) groups is 1. The molecule has 1 aliphatic carbocycles. The van der Waals surface area contributed by atoms with Crippen LogP contribution in [0.3, 0.4) is 0 Å². The number of Topliss-reactive ketones (excluding diaryl/α,β-unsaturated/α-hetero) is 1. The van der Waals surface area contributed by atoms with E-state index in [4.69, 9.17) is 0 Å². The van der Waals surface area contributed by atoms with Gasteiger partial charge in [0.25, 0.3) is 0 Å². The SMILES string of the molecule is CC(NCC1CCC(=O)CC1)c1ccccc1. The molecule has 2 heteroatoms. The molecule has 1 aromatic carbocycles. The van der Waals surface area contributed by atoms with E-state index in [9.17, 15) is 4.79 Å². The highest BCUT2D eigenvalue weighted by molar-refractivity contribution is 5.79. The van der Waals surface area contributed by atoms with Crippen LogP contribution >= 0.6 is 0 Å². The first-order valence-corrected chi connectivity index (χ1v) is 6.55. The second-order valence-corrected chi connectivity index (χ2v) is 5.02. The third-order valence-electron chi connectivity index (χ3n) is 3.68. The predicted molar refractivity (Wildman–Crippen MR) is 69.8 cm³/mol. The zero-order chi connectivity index (χ0) is 12.1. The second kappa shape index (κ2) is 5.97. The van der Waals surface area contributed by atoms with Crippen LogP contribution < -0.4 is 5.32 Å². The van der Waals surface area contributed by atoms with Crippen molar-refractivity contribution < 1.29 is 4.79 Å². The summed E-state index contributed by atoms with van der Waals surface area (Å²) in [6.45, 7) is 3.23. The van der Waals surface area contributed by atoms with Crippen LogP contribution in [0.1, 0.15) is 44.2 Å². The van der Waals surface area contributed by atoms with Gasteiger partial charge in [0, 0.05) is 18.9 Å². The van der Waals surface area contributed by atoms with Crippen molar-refractivity contribution in [3.05, 3.63) is 35.9 Å². The van der Waals surface area contributed by atoms with Crippen LogP contribution in [0.5, 0.6) is 0 Å². The largest absolute Gasteiger partial charge is 0.310 e. The maximum atomic E-state index is 11.1. The lowest BCUT2D eigenvalue weighted by Crippen LogP contribution is -2.28. The Hall–Kier alpha value is -1.15. The van der Waals surface area contributed by atoms with Gasteiger partial charge in [-0.2, -0.15) is 0 Å². The molecule has 1 aliphatic rings. The lowest BCUT2D eigenvalue weighted by Gasteiger charge is -2.23. The van der Waals surface area contributed by atoms with Gasteiger partial charge in [0.05, 0.1) is 0 Å². The molecule has 1 saturated carbocycles. The Balaban J connectivity index is 1.77. The van der Waals surface area contributed by atoms with E-state index >= 15 is 0 Å². The molecule has 1 unspecified atom stereocenters. The first-order chi connectivity index (χ1) is 8.25. The van der Waals surface area contributed by atoms with Crippen LogP contribution in [0.4, 0.5) is 0 Å². The zero-order valence-electron chi connectivity index (χ0n) is 10.5. The minimum Gasteiger partial charge on any atom is -0.310 e. The van der Waals surface area contributed by atoms with Gasteiger partial charge < -0.3 is 5.32 Å². The molecule has 17 heavy (non-hydrogen) atoms. The summed E-state index contributed by atoms with van der Waals surface area (Å²) in [6.07, 6.45) is 3.69. The predicted octanol–water partition coefficient (Wildman–Crippen LogP) is 3.10. The standard InChI is InChI=1S/C15H21NO/c1-12(14-5-3-2-4-6-14)16-11-13-7-9-15(17)10-8-13/h2-6,12-13,16H,7-11H2,1H3. The van der Waals surface area contributed by atoms with E-state index in [1.54, 1.807) is 0 Å². The van der Waals surface area contributed by atoms with E-state index in [0.29, 0.717) is 17.7 Å². The van der Waals surface area contributed by atoms with Crippen molar-refractivity contribution in [1.82, 2.24) is 5.32 Å². The minimum absolute atomic E-state index is 0.397. The summed E-state index contributed by atoms with van der Waals surface area (Å²) in [5.74, 6) is 1.12. The van der Waals surface area contributed by atoms with Gasteiger partial charge in [0.2, 0.25) is 0 Å². The number of hydrogen-bond acceptors (Lipinski definition) is 2. The van der Waals surface area contributed by atoms with Crippen molar-refractivity contribution in [2.75, 3.05) is 6.54 Å². The quantitative estimate of drug-likeness (QED) is 0.862. The Morgan fingerprint density at radius 2 is 1.88 bits per heavy atom. The summed E-state index contributed by atoms with van der Waals surface area (Å²) in [5, 5.41) is 3.57. The minimum atomic E-state index is 0.397. The molecule has 0 radical (unpaired) electrons. The molecule has 92 valence electrons. The van der Waals surface area contributed by atoms with E-state index in [2.05, 4.69) is 36.5 Å². The molecule has 1 fully saturated rings. The Bertz CT molecular complexity index is 350. The molecule has 0 aromatic heterocycles. The van der Waals surface area contributed by atoms with Gasteiger partial charge in [-0.1, -0.05) is 30.3 Å². The normalized spacial score (nSPS) is 19.2. The van der Waals surface area contributed by atoms with E-state index in [1.807, 2.05) is 6.07 Å². The molecule has 1 aromatic rings. The van der Waals surface area contributed by atoms with E-state index in [-0.39, 0.29) is 0 Å². The van der Waals surface area contributed by atoms with E-state index in [0.717, 1.165) is 32.2 Å². The molecule has 0 spiro atoms. The number of carbonyl (C=O) groups excluding carboxylic acids is 1. The summed E-state index contributed by atoms with van der Waals surface area (Å²) in [6, 6.07) is 10.9.